The summed E-state index contributed by atoms with van der Waals surface area (Å²) in [4.78, 5) is 13.4. The van der Waals surface area contributed by atoms with Crippen molar-refractivity contribution in [1.82, 2.24) is 0 Å². The van der Waals surface area contributed by atoms with Crippen LogP contribution in [0.5, 0.6) is 23.0 Å². The molecule has 4 rings (SSSR count). The third-order valence-electron chi connectivity index (χ3n) is 3.45. The Morgan fingerprint density at radius 3 is 1.82 bits per heavy atom. The van der Waals surface area contributed by atoms with Gasteiger partial charge in [0.2, 0.25) is 13.6 Å². The van der Waals surface area contributed by atoms with Crippen LogP contribution in [-0.2, 0) is 0 Å². The van der Waals surface area contributed by atoms with Gasteiger partial charge in [0, 0.05) is 0 Å². The van der Waals surface area contributed by atoms with Crippen molar-refractivity contribution in [2.75, 3.05) is 18.5 Å². The number of carbonyl (C=O) groups excluding carboxylic acids is 1. The molecule has 7 heteroatoms. The highest BCUT2D eigenvalue weighted by Crippen LogP contribution is 2.48. The van der Waals surface area contributed by atoms with Crippen molar-refractivity contribution >= 4 is 17.4 Å². The van der Waals surface area contributed by atoms with Crippen LogP contribution in [0.2, 0.25) is 0 Å². The molecule has 2 heterocycles. The van der Waals surface area contributed by atoms with Crippen molar-refractivity contribution in [3.63, 3.8) is 0 Å². The summed E-state index contributed by atoms with van der Waals surface area (Å²) in [5.41, 5.74) is 6.57. The van der Waals surface area contributed by atoms with Crippen molar-refractivity contribution in [3.05, 3.63) is 36.4 Å². The molecule has 0 fully saturated rings. The van der Waals surface area contributed by atoms with Gasteiger partial charge in [0.25, 0.3) is 0 Å². The molecule has 2 aliphatic rings. The number of para-hydroxylation sites is 2. The lowest BCUT2D eigenvalue weighted by Crippen LogP contribution is -2.31. The Bertz CT molecular complexity index is 704. The number of anilines is 2. The van der Waals surface area contributed by atoms with Gasteiger partial charge in [-0.3, -0.25) is 4.90 Å². The molecule has 112 valence electrons. The highest BCUT2D eigenvalue weighted by molar-refractivity contribution is 6.02. The molecule has 0 saturated heterocycles. The van der Waals surface area contributed by atoms with E-state index in [0.29, 0.717) is 34.4 Å². The fraction of sp³-hybridized carbons (Fsp3) is 0.133. The van der Waals surface area contributed by atoms with E-state index in [1.165, 1.54) is 4.90 Å². The van der Waals surface area contributed by atoms with Crippen LogP contribution < -0.4 is 29.6 Å². The Balaban J connectivity index is 1.89. The van der Waals surface area contributed by atoms with E-state index >= 15 is 0 Å². The fourth-order valence-corrected chi connectivity index (χ4v) is 2.55. The molecule has 0 saturated carbocycles. The SMILES string of the molecule is NC(=O)N(c1cccc2c1OCO2)c1cccc2c1OCO2. The summed E-state index contributed by atoms with van der Waals surface area (Å²) in [5, 5.41) is 0. The van der Waals surface area contributed by atoms with Gasteiger partial charge < -0.3 is 24.7 Å². The maximum Gasteiger partial charge on any atom is 0.324 e. The predicted octanol–water partition coefficient (Wildman–Crippen LogP) is 2.36. The normalized spacial score (nSPS) is 14.0. The van der Waals surface area contributed by atoms with Crippen molar-refractivity contribution in [3.8, 4) is 23.0 Å². The van der Waals surface area contributed by atoms with Gasteiger partial charge in [-0.05, 0) is 24.3 Å². The minimum atomic E-state index is -0.659. The van der Waals surface area contributed by atoms with Crippen molar-refractivity contribution in [2.45, 2.75) is 0 Å². The standard InChI is InChI=1S/C15H12N2O5/c16-15(18)17(9-3-1-5-11-13(9)21-7-19-11)10-4-2-6-12-14(10)22-8-20-12/h1-6H,7-8H2,(H2,16,18). The zero-order valence-electron chi connectivity index (χ0n) is 11.4. The van der Waals surface area contributed by atoms with Crippen LogP contribution in [0.25, 0.3) is 0 Å². The molecule has 0 spiro atoms. The van der Waals surface area contributed by atoms with Gasteiger partial charge in [-0.1, -0.05) is 12.1 Å². The number of nitrogens with two attached hydrogens (primary N) is 1. The van der Waals surface area contributed by atoms with Crippen LogP contribution in [-0.4, -0.2) is 19.6 Å². The van der Waals surface area contributed by atoms with Crippen LogP contribution in [0, 0.1) is 0 Å². The van der Waals surface area contributed by atoms with Gasteiger partial charge >= 0.3 is 6.03 Å². The van der Waals surface area contributed by atoms with Gasteiger partial charge in [-0.15, -0.1) is 0 Å². The van der Waals surface area contributed by atoms with Gasteiger partial charge in [0.15, 0.2) is 23.0 Å². The second-order valence-corrected chi connectivity index (χ2v) is 4.70. The zero-order valence-corrected chi connectivity index (χ0v) is 11.4. The Morgan fingerprint density at radius 1 is 0.864 bits per heavy atom. The van der Waals surface area contributed by atoms with Crippen LogP contribution in [0.15, 0.2) is 36.4 Å². The largest absolute Gasteiger partial charge is 0.454 e. The minimum Gasteiger partial charge on any atom is -0.454 e. The second-order valence-electron chi connectivity index (χ2n) is 4.70. The third kappa shape index (κ3) is 1.79. The highest BCUT2D eigenvalue weighted by atomic mass is 16.7. The van der Waals surface area contributed by atoms with E-state index < -0.39 is 6.03 Å². The summed E-state index contributed by atoms with van der Waals surface area (Å²) in [5.74, 6) is 2.07. The Labute approximate surface area is 125 Å². The molecule has 7 nitrogen and oxygen atoms in total. The van der Waals surface area contributed by atoms with Crippen LogP contribution >= 0.6 is 0 Å². The minimum absolute atomic E-state index is 0.103. The first kappa shape index (κ1) is 12.6. The maximum absolute atomic E-state index is 12.1. The number of amides is 2. The fourth-order valence-electron chi connectivity index (χ4n) is 2.55. The maximum atomic E-state index is 12.1. The molecule has 2 aromatic carbocycles. The molecule has 0 aromatic heterocycles. The molecule has 2 amide bonds. The summed E-state index contributed by atoms with van der Waals surface area (Å²) in [6, 6.07) is 9.85. The molecule has 0 atom stereocenters. The zero-order chi connectivity index (χ0) is 15.1. The van der Waals surface area contributed by atoms with Crippen molar-refractivity contribution in [1.29, 1.82) is 0 Å². The lowest BCUT2D eigenvalue weighted by Gasteiger charge is -2.22. The Hall–Kier alpha value is -3.09. The average Bonchev–Trinajstić information content (AvgIpc) is 3.16. The first-order valence-corrected chi connectivity index (χ1v) is 6.62. The predicted molar refractivity (Wildman–Crippen MR) is 76.9 cm³/mol. The molecule has 2 aromatic rings. The van der Waals surface area contributed by atoms with E-state index in [1.807, 2.05) is 0 Å². The number of nitrogens with zero attached hydrogens (tertiary/aromatic N) is 1. The molecule has 0 bridgehead atoms. The molecular formula is C15H12N2O5. The second kappa shape index (κ2) is 4.73. The van der Waals surface area contributed by atoms with Gasteiger partial charge in [0.05, 0.1) is 11.4 Å². The van der Waals surface area contributed by atoms with E-state index in [1.54, 1.807) is 36.4 Å². The lowest BCUT2D eigenvalue weighted by molar-refractivity contribution is 0.173. The summed E-state index contributed by atoms with van der Waals surface area (Å²) < 4.78 is 21.6. The van der Waals surface area contributed by atoms with Gasteiger partial charge in [-0.2, -0.15) is 0 Å². The molecule has 0 unspecified atom stereocenters. The number of hydrogen-bond acceptors (Lipinski definition) is 5. The number of benzene rings is 2. The van der Waals surface area contributed by atoms with E-state index in [9.17, 15) is 4.79 Å². The Kier molecular flexibility index (Phi) is 2.72. The Morgan fingerprint density at radius 2 is 1.36 bits per heavy atom. The van der Waals surface area contributed by atoms with Crippen LogP contribution in [0.3, 0.4) is 0 Å². The van der Waals surface area contributed by atoms with E-state index in [-0.39, 0.29) is 13.6 Å². The molecule has 2 aliphatic heterocycles. The molecular weight excluding hydrogens is 288 g/mol. The summed E-state index contributed by atoms with van der Waals surface area (Å²) in [7, 11) is 0. The van der Waals surface area contributed by atoms with Gasteiger partial charge in [0.1, 0.15) is 0 Å². The summed E-state index contributed by atoms with van der Waals surface area (Å²) in [6.45, 7) is 0.205. The topological polar surface area (TPSA) is 83.3 Å². The number of carbonyl (C=O) groups is 1. The van der Waals surface area contributed by atoms with Crippen molar-refractivity contribution < 1.29 is 23.7 Å². The number of hydrogen-bond donors (Lipinski definition) is 1. The van der Waals surface area contributed by atoms with Crippen LogP contribution in [0.4, 0.5) is 16.2 Å². The van der Waals surface area contributed by atoms with Gasteiger partial charge in [-0.25, -0.2) is 4.79 Å². The number of primary amides is 1. The van der Waals surface area contributed by atoms with Crippen molar-refractivity contribution in [2.24, 2.45) is 5.73 Å². The third-order valence-corrected chi connectivity index (χ3v) is 3.45. The monoisotopic (exact) mass is 300 g/mol. The lowest BCUT2D eigenvalue weighted by atomic mass is 10.2. The molecule has 0 radical (unpaired) electrons. The first-order valence-electron chi connectivity index (χ1n) is 6.62. The van der Waals surface area contributed by atoms with E-state index in [4.69, 9.17) is 24.7 Å². The smallest absolute Gasteiger partial charge is 0.324 e. The average molecular weight is 300 g/mol. The first-order chi connectivity index (χ1) is 10.8. The molecule has 22 heavy (non-hydrogen) atoms. The van der Waals surface area contributed by atoms with E-state index in [0.717, 1.165) is 0 Å². The number of fused-ring (bicyclic) bond motifs is 2. The molecule has 0 aliphatic carbocycles. The number of ether oxygens (including phenoxy) is 4. The quantitative estimate of drug-likeness (QED) is 0.920. The number of urea groups is 1. The number of rotatable bonds is 2. The summed E-state index contributed by atoms with van der Waals surface area (Å²) >= 11 is 0. The molecule has 2 N–H and O–H groups in total. The summed E-state index contributed by atoms with van der Waals surface area (Å²) in [6.07, 6.45) is 0. The highest BCUT2D eigenvalue weighted by Gasteiger charge is 2.29. The van der Waals surface area contributed by atoms with E-state index in [2.05, 4.69) is 0 Å². The van der Waals surface area contributed by atoms with Crippen LogP contribution in [0.1, 0.15) is 0 Å².